The second-order valence-corrected chi connectivity index (χ2v) is 10.4. The standard InChI is InChI=1S/C26H26N2O6S/c1-27-24-13-8-20(25(29)34-17-19-4-9-22(33-2)10-5-19)14-21(24)16-28(26(27)30)15-18-6-11-23(12-7-18)35(3,31)32/h4-14H,15-17H2,1-3H3. The van der Waals surface area contributed by atoms with E-state index in [1.54, 1.807) is 61.5 Å². The van der Waals surface area contributed by atoms with E-state index >= 15 is 0 Å². The van der Waals surface area contributed by atoms with Crippen molar-refractivity contribution in [3.8, 4) is 5.75 Å². The Bertz CT molecular complexity index is 1350. The molecule has 2 amide bonds. The van der Waals surface area contributed by atoms with Gasteiger partial charge in [-0.25, -0.2) is 18.0 Å². The SMILES string of the molecule is COc1ccc(COC(=O)c2ccc3c(c2)CN(Cc2ccc(S(C)(=O)=O)cc2)C(=O)N3C)cc1. The summed E-state index contributed by atoms with van der Waals surface area (Å²) in [6.07, 6.45) is 1.15. The van der Waals surface area contributed by atoms with Crippen molar-refractivity contribution in [3.05, 3.63) is 89.0 Å². The second kappa shape index (κ2) is 9.79. The van der Waals surface area contributed by atoms with Crippen LogP contribution in [0.2, 0.25) is 0 Å². The molecular formula is C26H26N2O6S. The second-order valence-electron chi connectivity index (χ2n) is 8.38. The molecule has 8 nitrogen and oxygen atoms in total. The molecule has 4 rings (SSSR count). The summed E-state index contributed by atoms with van der Waals surface area (Å²) in [5, 5.41) is 0. The van der Waals surface area contributed by atoms with Crippen LogP contribution in [0.25, 0.3) is 0 Å². The smallest absolute Gasteiger partial charge is 0.338 e. The predicted molar refractivity (Wildman–Crippen MR) is 131 cm³/mol. The van der Waals surface area contributed by atoms with Crippen LogP contribution in [0, 0.1) is 0 Å². The number of anilines is 1. The average molecular weight is 495 g/mol. The fourth-order valence-corrected chi connectivity index (χ4v) is 4.53. The maximum absolute atomic E-state index is 12.9. The van der Waals surface area contributed by atoms with Gasteiger partial charge in [-0.1, -0.05) is 24.3 Å². The summed E-state index contributed by atoms with van der Waals surface area (Å²) in [5.41, 5.74) is 3.59. The molecule has 0 saturated heterocycles. The van der Waals surface area contributed by atoms with Gasteiger partial charge in [0.2, 0.25) is 0 Å². The highest BCUT2D eigenvalue weighted by molar-refractivity contribution is 7.90. The van der Waals surface area contributed by atoms with Crippen LogP contribution in [0.1, 0.15) is 27.0 Å². The number of urea groups is 1. The quantitative estimate of drug-likeness (QED) is 0.461. The molecule has 182 valence electrons. The van der Waals surface area contributed by atoms with Crippen LogP contribution < -0.4 is 9.64 Å². The Morgan fingerprint density at radius 3 is 2.26 bits per heavy atom. The van der Waals surface area contributed by atoms with Gasteiger partial charge in [-0.15, -0.1) is 0 Å². The van der Waals surface area contributed by atoms with E-state index in [-0.39, 0.29) is 17.5 Å². The van der Waals surface area contributed by atoms with Crippen LogP contribution in [0.15, 0.2) is 71.6 Å². The molecule has 35 heavy (non-hydrogen) atoms. The Balaban J connectivity index is 1.47. The zero-order chi connectivity index (χ0) is 25.2. The molecule has 0 atom stereocenters. The number of sulfone groups is 1. The summed E-state index contributed by atoms with van der Waals surface area (Å²) in [4.78, 5) is 29.0. The molecule has 1 aliphatic rings. The summed E-state index contributed by atoms with van der Waals surface area (Å²) in [5.74, 6) is 0.274. The minimum atomic E-state index is -3.29. The number of esters is 1. The van der Waals surface area contributed by atoms with Crippen molar-refractivity contribution in [2.75, 3.05) is 25.3 Å². The first-order valence-electron chi connectivity index (χ1n) is 10.9. The normalized spacial score (nSPS) is 13.4. The molecule has 0 saturated carbocycles. The molecule has 0 spiro atoms. The number of carbonyl (C=O) groups excluding carboxylic acids is 2. The number of nitrogens with zero attached hydrogens (tertiary/aromatic N) is 2. The monoisotopic (exact) mass is 494 g/mol. The first kappa shape index (κ1) is 24.3. The highest BCUT2D eigenvalue weighted by atomic mass is 32.2. The van der Waals surface area contributed by atoms with Crippen molar-refractivity contribution in [3.63, 3.8) is 0 Å². The van der Waals surface area contributed by atoms with Gasteiger partial charge >= 0.3 is 12.0 Å². The summed E-state index contributed by atoms with van der Waals surface area (Å²) in [7, 11) is -0.0177. The lowest BCUT2D eigenvalue weighted by Crippen LogP contribution is -2.44. The van der Waals surface area contributed by atoms with E-state index in [1.165, 1.54) is 17.0 Å². The van der Waals surface area contributed by atoms with Crippen molar-refractivity contribution in [2.24, 2.45) is 0 Å². The Morgan fingerprint density at radius 2 is 1.63 bits per heavy atom. The molecule has 3 aromatic carbocycles. The number of fused-ring (bicyclic) bond motifs is 1. The van der Waals surface area contributed by atoms with E-state index in [1.807, 2.05) is 12.1 Å². The van der Waals surface area contributed by atoms with Gasteiger partial charge in [0.25, 0.3) is 0 Å². The highest BCUT2D eigenvalue weighted by Crippen LogP contribution is 2.30. The number of methoxy groups -OCH3 is 1. The van der Waals surface area contributed by atoms with Gasteiger partial charge in [0.05, 0.1) is 23.3 Å². The van der Waals surface area contributed by atoms with Gasteiger partial charge in [0, 0.05) is 26.4 Å². The van der Waals surface area contributed by atoms with Gasteiger partial charge < -0.3 is 14.4 Å². The molecular weight excluding hydrogens is 468 g/mol. The Hall–Kier alpha value is -3.85. The van der Waals surface area contributed by atoms with Crippen LogP contribution in [-0.4, -0.2) is 45.7 Å². The number of hydrogen-bond acceptors (Lipinski definition) is 6. The summed E-state index contributed by atoms with van der Waals surface area (Å²) < 4.78 is 34.0. The molecule has 0 unspecified atom stereocenters. The van der Waals surface area contributed by atoms with Crippen molar-refractivity contribution < 1.29 is 27.5 Å². The lowest BCUT2D eigenvalue weighted by Gasteiger charge is -2.35. The maximum atomic E-state index is 12.9. The summed E-state index contributed by atoms with van der Waals surface area (Å²) in [6, 6.07) is 18.7. The van der Waals surface area contributed by atoms with Gasteiger partial charge in [0.1, 0.15) is 12.4 Å². The van der Waals surface area contributed by atoms with Crippen molar-refractivity contribution in [1.29, 1.82) is 0 Å². The van der Waals surface area contributed by atoms with E-state index in [0.717, 1.165) is 34.4 Å². The first-order chi connectivity index (χ1) is 16.7. The molecule has 9 heteroatoms. The number of hydrogen-bond donors (Lipinski definition) is 0. The number of ether oxygens (including phenoxy) is 2. The molecule has 0 bridgehead atoms. The third-order valence-electron chi connectivity index (χ3n) is 5.85. The minimum Gasteiger partial charge on any atom is -0.497 e. The Morgan fingerprint density at radius 1 is 0.971 bits per heavy atom. The van der Waals surface area contributed by atoms with E-state index < -0.39 is 15.8 Å². The van der Waals surface area contributed by atoms with Gasteiger partial charge in [-0.2, -0.15) is 0 Å². The van der Waals surface area contributed by atoms with Crippen molar-refractivity contribution in [1.82, 2.24) is 4.90 Å². The molecule has 3 aromatic rings. The van der Waals surface area contributed by atoms with Crippen molar-refractivity contribution in [2.45, 2.75) is 24.6 Å². The summed E-state index contributed by atoms with van der Waals surface area (Å²) in [6.45, 7) is 0.749. The molecule has 0 N–H and O–H groups in total. The maximum Gasteiger partial charge on any atom is 0.338 e. The third kappa shape index (κ3) is 5.46. The van der Waals surface area contributed by atoms with Gasteiger partial charge in [-0.3, -0.25) is 4.90 Å². The van der Waals surface area contributed by atoms with Crippen LogP contribution in [-0.2, 0) is 34.3 Å². The fraction of sp³-hybridized carbons (Fsp3) is 0.231. The fourth-order valence-electron chi connectivity index (χ4n) is 3.89. The zero-order valence-corrected chi connectivity index (χ0v) is 20.5. The van der Waals surface area contributed by atoms with Crippen LogP contribution in [0.3, 0.4) is 0 Å². The third-order valence-corrected chi connectivity index (χ3v) is 6.98. The van der Waals surface area contributed by atoms with Crippen molar-refractivity contribution >= 4 is 27.5 Å². The highest BCUT2D eigenvalue weighted by Gasteiger charge is 2.28. The average Bonchev–Trinajstić information content (AvgIpc) is 2.85. The number of carbonyl (C=O) groups is 2. The molecule has 0 fully saturated rings. The Kier molecular flexibility index (Phi) is 6.79. The zero-order valence-electron chi connectivity index (χ0n) is 19.7. The Labute approximate surface area is 204 Å². The molecule has 0 radical (unpaired) electrons. The van der Waals surface area contributed by atoms with Gasteiger partial charge in [0.15, 0.2) is 9.84 Å². The van der Waals surface area contributed by atoms with Crippen LogP contribution in [0.5, 0.6) is 5.75 Å². The lowest BCUT2D eigenvalue weighted by molar-refractivity contribution is 0.0472. The van der Waals surface area contributed by atoms with E-state index in [0.29, 0.717) is 18.7 Å². The van der Waals surface area contributed by atoms with Crippen LogP contribution in [0.4, 0.5) is 10.5 Å². The lowest BCUT2D eigenvalue weighted by atomic mass is 10.0. The largest absolute Gasteiger partial charge is 0.497 e. The molecule has 1 heterocycles. The summed E-state index contributed by atoms with van der Waals surface area (Å²) >= 11 is 0. The number of rotatable bonds is 7. The molecule has 0 aliphatic carbocycles. The molecule has 1 aliphatic heterocycles. The number of amides is 2. The van der Waals surface area contributed by atoms with E-state index in [2.05, 4.69) is 0 Å². The van der Waals surface area contributed by atoms with E-state index in [4.69, 9.17) is 9.47 Å². The first-order valence-corrected chi connectivity index (χ1v) is 12.8. The van der Waals surface area contributed by atoms with E-state index in [9.17, 15) is 18.0 Å². The minimum absolute atomic E-state index is 0.133. The van der Waals surface area contributed by atoms with Crippen LogP contribution >= 0.6 is 0 Å². The number of benzene rings is 3. The molecule has 0 aromatic heterocycles. The topological polar surface area (TPSA) is 93.2 Å². The van der Waals surface area contributed by atoms with Gasteiger partial charge in [-0.05, 0) is 59.2 Å². The predicted octanol–water partition coefficient (Wildman–Crippen LogP) is 4.03.